The summed E-state index contributed by atoms with van der Waals surface area (Å²) in [7, 11) is 0. The highest BCUT2D eigenvalue weighted by atomic mass is 35.5. The minimum absolute atomic E-state index is 0.257. The highest BCUT2D eigenvalue weighted by Crippen LogP contribution is 2.44. The van der Waals surface area contributed by atoms with Crippen molar-refractivity contribution in [1.29, 1.82) is 0 Å². The maximum absolute atomic E-state index is 13.4. The summed E-state index contributed by atoms with van der Waals surface area (Å²) < 4.78 is 12.9. The molecular weight excluding hydrogens is 582 g/mol. The van der Waals surface area contributed by atoms with Gasteiger partial charge in [-0.2, -0.15) is 5.10 Å². The Kier molecular flexibility index (Phi) is 8.26. The number of benzene rings is 2. The van der Waals surface area contributed by atoms with Crippen molar-refractivity contribution < 1.29 is 14.3 Å². The summed E-state index contributed by atoms with van der Waals surface area (Å²) in [4.78, 5) is 23.6. The average Bonchev–Trinajstić information content (AvgIpc) is 3.60. The first-order valence-electron chi connectivity index (χ1n) is 14.7. The van der Waals surface area contributed by atoms with E-state index in [2.05, 4.69) is 15.5 Å². The standard InChI is InChI=1S/C33H36ClN5O3S/c1-6-41-32(40)29(42-33(3,4)5)25-18(2)17-24-30(26(25)19-7-9-21(34)10-8-19)43-31(37-24)23-12-11-22-28(36-23)27(39-38-22)20-13-15-35-16-14-20/h7-12,17,20,29,35H,6,13-16H2,1-5H3,(H,38,39)/t29-/m0/s1. The van der Waals surface area contributed by atoms with Gasteiger partial charge in [0.05, 0.1) is 39.3 Å². The summed E-state index contributed by atoms with van der Waals surface area (Å²) in [5.41, 5.74) is 7.35. The molecule has 0 amide bonds. The fraction of sp³-hybridized carbons (Fsp3) is 0.394. The number of piperidine rings is 1. The molecule has 1 fully saturated rings. The van der Waals surface area contributed by atoms with E-state index in [1.807, 2.05) is 70.2 Å². The Morgan fingerprint density at radius 3 is 2.56 bits per heavy atom. The van der Waals surface area contributed by atoms with Crippen LogP contribution in [0.2, 0.25) is 5.02 Å². The van der Waals surface area contributed by atoms with Crippen LogP contribution in [0.5, 0.6) is 0 Å². The Labute approximate surface area is 260 Å². The van der Waals surface area contributed by atoms with Crippen LogP contribution in [0.3, 0.4) is 0 Å². The summed E-state index contributed by atoms with van der Waals surface area (Å²) in [5, 5.41) is 12.7. The van der Waals surface area contributed by atoms with E-state index in [0.29, 0.717) is 10.9 Å². The number of aromatic amines is 1. The zero-order valence-corrected chi connectivity index (χ0v) is 26.7. The lowest BCUT2D eigenvalue weighted by Gasteiger charge is -2.29. The molecule has 1 aliphatic rings. The lowest BCUT2D eigenvalue weighted by Crippen LogP contribution is -2.29. The number of esters is 1. The first kappa shape index (κ1) is 29.7. The van der Waals surface area contributed by atoms with Crippen molar-refractivity contribution in [3.05, 3.63) is 64.3 Å². The lowest BCUT2D eigenvalue weighted by atomic mass is 9.91. The van der Waals surface area contributed by atoms with E-state index < -0.39 is 17.7 Å². The molecule has 2 N–H and O–H groups in total. The number of ether oxygens (including phenoxy) is 2. The monoisotopic (exact) mass is 617 g/mol. The fourth-order valence-corrected chi connectivity index (χ4v) is 7.00. The first-order chi connectivity index (χ1) is 20.6. The number of pyridine rings is 1. The highest BCUT2D eigenvalue weighted by Gasteiger charge is 2.33. The summed E-state index contributed by atoms with van der Waals surface area (Å²) in [6, 6.07) is 13.7. The molecule has 1 atom stereocenters. The summed E-state index contributed by atoms with van der Waals surface area (Å²) in [6.07, 6.45) is 1.16. The van der Waals surface area contributed by atoms with Crippen molar-refractivity contribution in [1.82, 2.24) is 25.5 Å². The Hall–Kier alpha value is -3.37. The molecule has 3 aromatic heterocycles. The van der Waals surface area contributed by atoms with Gasteiger partial charge in [-0.1, -0.05) is 23.7 Å². The molecule has 2 aromatic carbocycles. The van der Waals surface area contributed by atoms with Crippen molar-refractivity contribution in [3.63, 3.8) is 0 Å². The molecule has 4 heterocycles. The third-order valence-electron chi connectivity index (χ3n) is 7.67. The van der Waals surface area contributed by atoms with Gasteiger partial charge in [-0.05, 0) is 102 Å². The van der Waals surface area contributed by atoms with Gasteiger partial charge in [0.2, 0.25) is 0 Å². The van der Waals surface area contributed by atoms with E-state index in [9.17, 15) is 4.79 Å². The molecule has 0 unspecified atom stereocenters. The second-order valence-electron chi connectivity index (χ2n) is 11.9. The number of hydrogen-bond acceptors (Lipinski definition) is 8. The van der Waals surface area contributed by atoms with Crippen LogP contribution in [0.4, 0.5) is 0 Å². The third kappa shape index (κ3) is 6.04. The molecule has 224 valence electrons. The van der Waals surface area contributed by atoms with Gasteiger partial charge in [0.1, 0.15) is 10.5 Å². The first-order valence-corrected chi connectivity index (χ1v) is 15.9. The minimum atomic E-state index is -0.923. The van der Waals surface area contributed by atoms with E-state index in [0.717, 1.165) is 85.8 Å². The molecule has 10 heteroatoms. The smallest absolute Gasteiger partial charge is 0.339 e. The highest BCUT2D eigenvalue weighted by molar-refractivity contribution is 7.22. The Morgan fingerprint density at radius 1 is 1.12 bits per heavy atom. The largest absolute Gasteiger partial charge is 0.464 e. The van der Waals surface area contributed by atoms with Crippen molar-refractivity contribution in [3.8, 4) is 21.8 Å². The molecule has 1 aliphatic heterocycles. The SMILES string of the molecule is CCOC(=O)[C@@H](OC(C)(C)C)c1c(C)cc2nc(-c3ccc4[nH]nc(C5CCNCC5)c4n3)sc2c1-c1ccc(Cl)cc1. The summed E-state index contributed by atoms with van der Waals surface area (Å²) >= 11 is 7.85. The van der Waals surface area contributed by atoms with Gasteiger partial charge in [-0.25, -0.2) is 14.8 Å². The Bertz CT molecular complexity index is 1780. The Balaban J connectivity index is 1.54. The molecule has 6 rings (SSSR count). The van der Waals surface area contributed by atoms with Crippen molar-refractivity contribution in [2.45, 2.75) is 65.1 Å². The zero-order chi connectivity index (χ0) is 30.3. The fourth-order valence-electron chi connectivity index (χ4n) is 5.78. The van der Waals surface area contributed by atoms with Crippen LogP contribution in [0.25, 0.3) is 43.1 Å². The number of hydrogen-bond donors (Lipinski definition) is 2. The van der Waals surface area contributed by atoms with Crippen LogP contribution in [0, 0.1) is 6.92 Å². The van der Waals surface area contributed by atoms with E-state index in [-0.39, 0.29) is 6.61 Å². The van der Waals surface area contributed by atoms with Gasteiger partial charge in [0, 0.05) is 22.1 Å². The number of thiazole rings is 1. The topological polar surface area (TPSA) is 102 Å². The van der Waals surface area contributed by atoms with Crippen LogP contribution in [-0.2, 0) is 14.3 Å². The number of fused-ring (bicyclic) bond motifs is 2. The molecule has 5 aromatic rings. The second kappa shape index (κ2) is 12.0. The van der Waals surface area contributed by atoms with Crippen molar-refractivity contribution >= 4 is 50.2 Å². The third-order valence-corrected chi connectivity index (χ3v) is 9.04. The molecule has 0 aliphatic carbocycles. The van der Waals surface area contributed by atoms with Gasteiger partial charge < -0.3 is 14.8 Å². The molecule has 1 saturated heterocycles. The van der Waals surface area contributed by atoms with E-state index >= 15 is 0 Å². The number of aryl methyl sites for hydroxylation is 1. The summed E-state index contributed by atoms with van der Waals surface area (Å²) in [6.45, 7) is 11.8. The number of carbonyl (C=O) groups is 1. The molecule has 43 heavy (non-hydrogen) atoms. The number of nitrogens with one attached hydrogen (secondary N) is 2. The minimum Gasteiger partial charge on any atom is -0.464 e. The molecule has 0 saturated carbocycles. The predicted molar refractivity (Wildman–Crippen MR) is 173 cm³/mol. The normalized spacial score (nSPS) is 15.3. The van der Waals surface area contributed by atoms with Crippen LogP contribution >= 0.6 is 22.9 Å². The van der Waals surface area contributed by atoms with Gasteiger partial charge in [-0.3, -0.25) is 5.10 Å². The molecular formula is C33H36ClN5O3S. The number of H-pyrrole nitrogens is 1. The van der Waals surface area contributed by atoms with Gasteiger partial charge in [-0.15, -0.1) is 11.3 Å². The molecule has 0 radical (unpaired) electrons. The molecule has 0 spiro atoms. The van der Waals surface area contributed by atoms with Gasteiger partial charge >= 0.3 is 5.97 Å². The van der Waals surface area contributed by atoms with Crippen LogP contribution < -0.4 is 5.32 Å². The maximum atomic E-state index is 13.4. The van der Waals surface area contributed by atoms with Crippen LogP contribution in [-0.4, -0.2) is 51.4 Å². The zero-order valence-electron chi connectivity index (χ0n) is 25.1. The quantitative estimate of drug-likeness (QED) is 0.180. The summed E-state index contributed by atoms with van der Waals surface area (Å²) in [5.74, 6) is -0.0465. The van der Waals surface area contributed by atoms with E-state index in [1.165, 1.54) is 0 Å². The molecule has 0 bridgehead atoms. The average molecular weight is 618 g/mol. The number of rotatable bonds is 7. The lowest BCUT2D eigenvalue weighted by molar-refractivity contribution is -0.166. The number of carbonyl (C=O) groups excluding carboxylic acids is 1. The van der Waals surface area contributed by atoms with Gasteiger partial charge in [0.25, 0.3) is 0 Å². The van der Waals surface area contributed by atoms with E-state index in [4.69, 9.17) is 31.0 Å². The number of aromatic nitrogens is 4. The molecule has 8 nitrogen and oxygen atoms in total. The number of halogens is 1. The van der Waals surface area contributed by atoms with E-state index in [1.54, 1.807) is 18.3 Å². The maximum Gasteiger partial charge on any atom is 0.339 e. The van der Waals surface area contributed by atoms with Crippen LogP contribution in [0.1, 0.15) is 69.4 Å². The van der Waals surface area contributed by atoms with Crippen molar-refractivity contribution in [2.75, 3.05) is 19.7 Å². The second-order valence-corrected chi connectivity index (χ2v) is 13.4. The van der Waals surface area contributed by atoms with Crippen LogP contribution in [0.15, 0.2) is 42.5 Å². The van der Waals surface area contributed by atoms with Gasteiger partial charge in [0.15, 0.2) is 6.10 Å². The Morgan fingerprint density at radius 2 is 1.86 bits per heavy atom. The predicted octanol–water partition coefficient (Wildman–Crippen LogP) is 7.75. The van der Waals surface area contributed by atoms with Crippen molar-refractivity contribution in [2.24, 2.45) is 0 Å². The number of nitrogens with zero attached hydrogens (tertiary/aromatic N) is 3.